The fraction of sp³-hybridized carbons (Fsp3) is 0.933. The molecule has 3 aliphatic rings. The largest absolute Gasteiger partial charge is 0.335 e. The van der Waals surface area contributed by atoms with Crippen molar-refractivity contribution in [2.75, 3.05) is 38.2 Å². The fourth-order valence-corrected chi connectivity index (χ4v) is 5.83. The molecule has 1 saturated carbocycles. The second-order valence-corrected chi connectivity index (χ2v) is 10.1. The Labute approximate surface area is 127 Å². The molecule has 1 amide bonds. The third-order valence-electron chi connectivity index (χ3n) is 5.67. The molecule has 120 valence electrons. The van der Waals surface area contributed by atoms with Crippen LogP contribution in [0.1, 0.15) is 33.1 Å². The average Bonchev–Trinajstić information content (AvgIpc) is 3.07. The van der Waals surface area contributed by atoms with Gasteiger partial charge in [-0.05, 0) is 45.6 Å². The van der Waals surface area contributed by atoms with E-state index in [-0.39, 0.29) is 34.3 Å². The van der Waals surface area contributed by atoms with Crippen molar-refractivity contribution in [3.63, 3.8) is 0 Å². The second-order valence-electron chi connectivity index (χ2n) is 7.81. The van der Waals surface area contributed by atoms with Gasteiger partial charge in [0.2, 0.25) is 5.91 Å². The molecule has 2 heterocycles. The van der Waals surface area contributed by atoms with Gasteiger partial charge in [-0.15, -0.1) is 0 Å². The monoisotopic (exact) mass is 314 g/mol. The first kappa shape index (κ1) is 15.3. The van der Waals surface area contributed by atoms with Crippen molar-refractivity contribution in [2.45, 2.75) is 38.6 Å². The first-order valence-electron chi connectivity index (χ1n) is 7.86. The highest BCUT2D eigenvalue weighted by Crippen LogP contribution is 2.60. The fourth-order valence-electron chi connectivity index (χ4n) is 4.19. The standard InChI is InChI=1S/C15H26N2O3S/c1-14(2)11-16(3)6-7-17(14)13(18)12-10-15(12)4-8-21(19,20)9-5-15/h12H,4-11H2,1-3H3. The summed E-state index contributed by atoms with van der Waals surface area (Å²) >= 11 is 0. The van der Waals surface area contributed by atoms with Crippen LogP contribution in [0.3, 0.4) is 0 Å². The summed E-state index contributed by atoms with van der Waals surface area (Å²) in [6.45, 7) is 6.85. The third-order valence-corrected chi connectivity index (χ3v) is 7.32. The smallest absolute Gasteiger partial charge is 0.226 e. The van der Waals surface area contributed by atoms with Gasteiger partial charge in [0.1, 0.15) is 9.84 Å². The zero-order valence-corrected chi connectivity index (χ0v) is 14.1. The Morgan fingerprint density at radius 1 is 1.14 bits per heavy atom. The molecule has 1 aliphatic carbocycles. The van der Waals surface area contributed by atoms with E-state index in [2.05, 4.69) is 25.8 Å². The number of nitrogens with zero attached hydrogens (tertiary/aromatic N) is 2. The number of amides is 1. The lowest BCUT2D eigenvalue weighted by molar-refractivity contribution is -0.142. The van der Waals surface area contributed by atoms with Crippen molar-refractivity contribution in [1.82, 2.24) is 9.80 Å². The molecule has 0 radical (unpaired) electrons. The molecule has 6 heteroatoms. The van der Waals surface area contributed by atoms with Crippen LogP contribution in [0.15, 0.2) is 0 Å². The zero-order chi connectivity index (χ0) is 15.5. The van der Waals surface area contributed by atoms with E-state index >= 15 is 0 Å². The zero-order valence-electron chi connectivity index (χ0n) is 13.3. The van der Waals surface area contributed by atoms with Gasteiger partial charge in [0.05, 0.1) is 11.5 Å². The van der Waals surface area contributed by atoms with Gasteiger partial charge in [-0.3, -0.25) is 4.79 Å². The van der Waals surface area contributed by atoms with Crippen LogP contribution in [0, 0.1) is 11.3 Å². The molecular weight excluding hydrogens is 288 g/mol. The van der Waals surface area contributed by atoms with Crippen LogP contribution in [0.4, 0.5) is 0 Å². The number of likely N-dealkylation sites (N-methyl/N-ethyl adjacent to an activating group) is 1. The van der Waals surface area contributed by atoms with Crippen LogP contribution in [0.2, 0.25) is 0 Å². The van der Waals surface area contributed by atoms with Gasteiger partial charge in [0.15, 0.2) is 0 Å². The highest BCUT2D eigenvalue weighted by Gasteiger charge is 2.61. The summed E-state index contributed by atoms with van der Waals surface area (Å²) in [5.74, 6) is 0.856. The van der Waals surface area contributed by atoms with Crippen LogP contribution in [0.5, 0.6) is 0 Å². The summed E-state index contributed by atoms with van der Waals surface area (Å²) in [5.41, 5.74) is -0.129. The van der Waals surface area contributed by atoms with E-state index in [1.807, 2.05) is 4.90 Å². The minimum absolute atomic E-state index is 0.00182. The SMILES string of the molecule is CN1CCN(C(=O)C2CC23CCS(=O)(=O)CC3)C(C)(C)C1. The van der Waals surface area contributed by atoms with E-state index in [1.165, 1.54) is 0 Å². The number of hydrogen-bond acceptors (Lipinski definition) is 4. The Hall–Kier alpha value is -0.620. The lowest BCUT2D eigenvalue weighted by Crippen LogP contribution is -2.60. The van der Waals surface area contributed by atoms with E-state index in [0.717, 1.165) is 26.1 Å². The van der Waals surface area contributed by atoms with Gasteiger partial charge in [-0.2, -0.15) is 0 Å². The Morgan fingerprint density at radius 2 is 1.76 bits per heavy atom. The molecule has 21 heavy (non-hydrogen) atoms. The molecule has 0 aromatic heterocycles. The number of rotatable bonds is 1. The highest BCUT2D eigenvalue weighted by molar-refractivity contribution is 7.91. The van der Waals surface area contributed by atoms with Crippen LogP contribution in [-0.2, 0) is 14.6 Å². The van der Waals surface area contributed by atoms with Gasteiger partial charge >= 0.3 is 0 Å². The lowest BCUT2D eigenvalue weighted by atomic mass is 9.93. The number of hydrogen-bond donors (Lipinski definition) is 0. The summed E-state index contributed by atoms with van der Waals surface area (Å²) in [7, 11) is -0.758. The van der Waals surface area contributed by atoms with Gasteiger partial charge in [0.25, 0.3) is 0 Å². The Morgan fingerprint density at radius 3 is 2.33 bits per heavy atom. The van der Waals surface area contributed by atoms with E-state index < -0.39 is 9.84 Å². The number of carbonyl (C=O) groups excluding carboxylic acids is 1. The van der Waals surface area contributed by atoms with Crippen molar-refractivity contribution in [3.8, 4) is 0 Å². The highest BCUT2D eigenvalue weighted by atomic mass is 32.2. The molecule has 2 saturated heterocycles. The molecule has 0 aromatic rings. The first-order valence-corrected chi connectivity index (χ1v) is 9.68. The molecule has 5 nitrogen and oxygen atoms in total. The summed E-state index contributed by atoms with van der Waals surface area (Å²) in [5, 5.41) is 0. The minimum Gasteiger partial charge on any atom is -0.335 e. The van der Waals surface area contributed by atoms with Crippen LogP contribution in [0.25, 0.3) is 0 Å². The summed E-state index contributed by atoms with van der Waals surface area (Å²) in [6, 6.07) is 0. The lowest BCUT2D eigenvalue weighted by Gasteiger charge is -2.46. The van der Waals surface area contributed by atoms with E-state index in [4.69, 9.17) is 0 Å². The molecule has 1 atom stereocenters. The number of piperazine rings is 1. The molecule has 0 bridgehead atoms. The molecule has 2 aliphatic heterocycles. The molecule has 0 aromatic carbocycles. The van der Waals surface area contributed by atoms with Crippen LogP contribution < -0.4 is 0 Å². The van der Waals surface area contributed by atoms with Crippen LogP contribution in [-0.4, -0.2) is 67.9 Å². The topological polar surface area (TPSA) is 57.7 Å². The molecule has 3 fully saturated rings. The van der Waals surface area contributed by atoms with Crippen LogP contribution >= 0.6 is 0 Å². The Kier molecular flexibility index (Phi) is 3.41. The van der Waals surface area contributed by atoms with Gasteiger partial charge in [-0.25, -0.2) is 8.42 Å². The molecule has 1 unspecified atom stereocenters. The van der Waals surface area contributed by atoms with Crippen molar-refractivity contribution in [3.05, 3.63) is 0 Å². The van der Waals surface area contributed by atoms with Crippen molar-refractivity contribution in [1.29, 1.82) is 0 Å². The van der Waals surface area contributed by atoms with Crippen molar-refractivity contribution >= 4 is 15.7 Å². The maximum Gasteiger partial charge on any atom is 0.226 e. The predicted molar refractivity (Wildman–Crippen MR) is 81.7 cm³/mol. The molecule has 1 spiro atoms. The maximum absolute atomic E-state index is 12.9. The maximum atomic E-state index is 12.9. The van der Waals surface area contributed by atoms with Crippen molar-refractivity contribution < 1.29 is 13.2 Å². The summed E-state index contributed by atoms with van der Waals surface area (Å²) in [6.07, 6.45) is 2.25. The average molecular weight is 314 g/mol. The van der Waals surface area contributed by atoms with E-state index in [9.17, 15) is 13.2 Å². The summed E-state index contributed by atoms with van der Waals surface area (Å²) < 4.78 is 23.2. The van der Waals surface area contributed by atoms with Gasteiger partial charge in [-0.1, -0.05) is 0 Å². The molecule has 0 N–H and O–H groups in total. The van der Waals surface area contributed by atoms with Gasteiger partial charge < -0.3 is 9.80 Å². The number of sulfone groups is 1. The minimum atomic E-state index is -2.85. The predicted octanol–water partition coefficient (Wildman–Crippen LogP) is 0.754. The third kappa shape index (κ3) is 2.72. The van der Waals surface area contributed by atoms with Gasteiger partial charge in [0, 0.05) is 31.1 Å². The summed E-state index contributed by atoms with van der Waals surface area (Å²) in [4.78, 5) is 17.2. The van der Waals surface area contributed by atoms with E-state index in [0.29, 0.717) is 12.8 Å². The normalized spacial score (nSPS) is 33.9. The first-order chi connectivity index (χ1) is 9.65. The Bertz CT molecular complexity index is 541. The number of carbonyl (C=O) groups is 1. The quantitative estimate of drug-likeness (QED) is 0.717. The molecular formula is C15H26N2O3S. The van der Waals surface area contributed by atoms with E-state index in [1.54, 1.807) is 0 Å². The van der Waals surface area contributed by atoms with Crippen molar-refractivity contribution in [2.24, 2.45) is 11.3 Å². The Balaban J connectivity index is 1.68. The second kappa shape index (κ2) is 4.69. The molecule has 3 rings (SSSR count).